The predicted molar refractivity (Wildman–Crippen MR) is 196 cm³/mol. The summed E-state index contributed by atoms with van der Waals surface area (Å²) in [5.74, 6) is -1.68. The Morgan fingerprint density at radius 2 is 1.37 bits per heavy atom. The molecule has 0 aromatic heterocycles. The van der Waals surface area contributed by atoms with Crippen molar-refractivity contribution in [2.24, 2.45) is 10.8 Å². The fraction of sp³-hybridized carbons (Fsp3) is 0.410. The number of carbonyl (C=O) groups excluding carboxylic acids is 4. The van der Waals surface area contributed by atoms with Gasteiger partial charge in [-0.05, 0) is 83.3 Å². The van der Waals surface area contributed by atoms with Crippen molar-refractivity contribution in [3.8, 4) is 5.75 Å². The minimum absolute atomic E-state index is 0.110. The highest BCUT2D eigenvalue weighted by molar-refractivity contribution is 5.97. The number of carbonyl (C=O) groups is 5. The lowest BCUT2D eigenvalue weighted by Gasteiger charge is -2.24. The van der Waals surface area contributed by atoms with Crippen LogP contribution in [0.2, 0.25) is 0 Å². The van der Waals surface area contributed by atoms with Gasteiger partial charge in [0.1, 0.15) is 18.4 Å². The first-order valence-corrected chi connectivity index (χ1v) is 17.0. The Bertz CT molecular complexity index is 1650. The van der Waals surface area contributed by atoms with Crippen LogP contribution in [0.1, 0.15) is 85.7 Å². The number of anilines is 1. The molecule has 0 fully saturated rings. The largest absolute Gasteiger partial charge is 0.492 e. The molecule has 0 spiro atoms. The van der Waals surface area contributed by atoms with Crippen molar-refractivity contribution < 1.29 is 33.8 Å². The maximum atomic E-state index is 12.8. The molecule has 7 N–H and O–H groups in total. The van der Waals surface area contributed by atoms with Gasteiger partial charge in [0.05, 0.1) is 6.54 Å². The monoisotopic (exact) mass is 701 g/mol. The van der Waals surface area contributed by atoms with Gasteiger partial charge >= 0.3 is 5.97 Å². The number of carboxylic acids is 1. The first-order valence-electron chi connectivity index (χ1n) is 17.0. The van der Waals surface area contributed by atoms with E-state index in [1.165, 1.54) is 0 Å². The van der Waals surface area contributed by atoms with E-state index in [-0.39, 0.29) is 62.1 Å². The van der Waals surface area contributed by atoms with E-state index in [2.05, 4.69) is 21.3 Å². The van der Waals surface area contributed by atoms with Crippen molar-refractivity contribution in [3.63, 3.8) is 0 Å². The van der Waals surface area contributed by atoms with Crippen molar-refractivity contribution >= 4 is 35.3 Å². The molecule has 4 amide bonds. The second-order valence-corrected chi connectivity index (χ2v) is 14.6. The molecule has 274 valence electrons. The molecule has 51 heavy (non-hydrogen) atoms. The quantitative estimate of drug-likeness (QED) is 0.0827. The number of carboxylic acid groups (broad SMARTS) is 1. The predicted octanol–water partition coefficient (Wildman–Crippen LogP) is 4.48. The Kier molecular flexibility index (Phi) is 14.6. The molecule has 3 aromatic carbocycles. The lowest BCUT2D eigenvalue weighted by molar-refractivity contribution is -0.140. The number of benzene rings is 3. The first kappa shape index (κ1) is 40.0. The first-order chi connectivity index (χ1) is 24.0. The Hall–Kier alpha value is -5.39. The second-order valence-electron chi connectivity index (χ2n) is 14.6. The highest BCUT2D eigenvalue weighted by Crippen LogP contribution is 2.25. The summed E-state index contributed by atoms with van der Waals surface area (Å²) in [6, 6.07) is 19.7. The maximum absolute atomic E-state index is 12.8. The minimum atomic E-state index is -1.10. The van der Waals surface area contributed by atoms with Gasteiger partial charge in [0.25, 0.3) is 11.8 Å². The van der Waals surface area contributed by atoms with Gasteiger partial charge in [-0.15, -0.1) is 0 Å². The fourth-order valence-corrected chi connectivity index (χ4v) is 5.31. The number of rotatable bonds is 18. The summed E-state index contributed by atoms with van der Waals surface area (Å²) in [4.78, 5) is 62.2. The molecule has 1 atom stereocenters. The number of hydrogen-bond acceptors (Lipinski definition) is 7. The summed E-state index contributed by atoms with van der Waals surface area (Å²) in [6.07, 6.45) is 1.37. The smallest absolute Gasteiger partial charge is 0.326 e. The topological polar surface area (TPSA) is 189 Å². The van der Waals surface area contributed by atoms with E-state index < -0.39 is 23.3 Å². The van der Waals surface area contributed by atoms with Crippen molar-refractivity contribution in [1.82, 2.24) is 21.3 Å². The van der Waals surface area contributed by atoms with Gasteiger partial charge in [-0.2, -0.15) is 0 Å². The third-order valence-corrected chi connectivity index (χ3v) is 7.87. The third kappa shape index (κ3) is 14.9. The Morgan fingerprint density at radius 3 is 1.98 bits per heavy atom. The van der Waals surface area contributed by atoms with Crippen LogP contribution in [0.3, 0.4) is 0 Å². The molecule has 0 heterocycles. The van der Waals surface area contributed by atoms with E-state index in [0.717, 1.165) is 5.56 Å². The summed E-state index contributed by atoms with van der Waals surface area (Å²) in [6.45, 7) is 10.6. The van der Waals surface area contributed by atoms with Crippen LogP contribution >= 0.6 is 0 Å². The SMILES string of the molecule is CC(C)(C)C[C@H](NC(=O)c1cccc(CNC(=O)c2ccc(OCCNC(=O)CC(C)(C)CC(=O)NCCc3ccc(N)cc3)cc2)c1)C(=O)O. The van der Waals surface area contributed by atoms with Gasteiger partial charge in [0, 0.05) is 42.7 Å². The minimum Gasteiger partial charge on any atom is -0.492 e. The van der Waals surface area contributed by atoms with Gasteiger partial charge in [-0.3, -0.25) is 19.2 Å². The van der Waals surface area contributed by atoms with Crippen molar-refractivity contribution in [1.29, 1.82) is 0 Å². The average molecular weight is 702 g/mol. The molecular weight excluding hydrogens is 650 g/mol. The summed E-state index contributed by atoms with van der Waals surface area (Å²) >= 11 is 0. The Labute approximate surface area is 299 Å². The number of ether oxygens (including phenoxy) is 1. The van der Waals surface area contributed by atoms with E-state index in [1.807, 2.05) is 58.9 Å². The number of nitrogen functional groups attached to an aromatic ring is 1. The van der Waals surface area contributed by atoms with Gasteiger partial charge in [0.2, 0.25) is 11.8 Å². The molecule has 3 rings (SSSR count). The zero-order valence-corrected chi connectivity index (χ0v) is 30.1. The Morgan fingerprint density at radius 1 is 0.745 bits per heavy atom. The van der Waals surface area contributed by atoms with E-state index in [0.29, 0.717) is 41.1 Å². The van der Waals surface area contributed by atoms with Crippen LogP contribution in [0.4, 0.5) is 5.69 Å². The van der Waals surface area contributed by atoms with Gasteiger partial charge < -0.3 is 36.8 Å². The number of hydrogen-bond donors (Lipinski definition) is 6. The summed E-state index contributed by atoms with van der Waals surface area (Å²) < 4.78 is 5.71. The number of nitrogens with one attached hydrogen (secondary N) is 4. The molecule has 0 bridgehead atoms. The lowest BCUT2D eigenvalue weighted by Crippen LogP contribution is -2.43. The van der Waals surface area contributed by atoms with Crippen molar-refractivity contribution in [2.45, 2.75) is 72.9 Å². The average Bonchev–Trinajstić information content (AvgIpc) is 3.05. The number of nitrogens with two attached hydrogens (primary N) is 1. The summed E-state index contributed by atoms with van der Waals surface area (Å²) in [5, 5.41) is 20.7. The number of amides is 4. The molecule has 0 aliphatic carbocycles. The van der Waals surface area contributed by atoms with E-state index >= 15 is 0 Å². The summed E-state index contributed by atoms with van der Waals surface area (Å²) in [7, 11) is 0. The van der Waals surface area contributed by atoms with E-state index in [9.17, 15) is 29.1 Å². The Balaban J connectivity index is 1.36. The summed E-state index contributed by atoms with van der Waals surface area (Å²) in [5.41, 5.74) is 8.06. The highest BCUT2D eigenvalue weighted by atomic mass is 16.5. The number of aliphatic carboxylic acids is 1. The highest BCUT2D eigenvalue weighted by Gasteiger charge is 2.27. The van der Waals surface area contributed by atoms with Crippen LogP contribution in [0.15, 0.2) is 72.8 Å². The van der Waals surface area contributed by atoms with Gasteiger partial charge in [-0.25, -0.2) is 4.79 Å². The molecule has 0 aliphatic rings. The van der Waals surface area contributed by atoms with Crippen LogP contribution in [-0.2, 0) is 27.3 Å². The molecule has 0 saturated heterocycles. The van der Waals surface area contributed by atoms with Gasteiger partial charge in [0.15, 0.2) is 0 Å². The van der Waals surface area contributed by atoms with Crippen LogP contribution < -0.4 is 31.7 Å². The second kappa shape index (κ2) is 18.6. The van der Waals surface area contributed by atoms with Gasteiger partial charge in [-0.1, -0.05) is 58.9 Å². The van der Waals surface area contributed by atoms with E-state index in [1.54, 1.807) is 48.5 Å². The normalized spacial score (nSPS) is 11.9. The zero-order chi connectivity index (χ0) is 37.6. The molecule has 0 aliphatic heterocycles. The molecule has 12 heteroatoms. The molecule has 0 unspecified atom stereocenters. The fourth-order valence-electron chi connectivity index (χ4n) is 5.31. The van der Waals surface area contributed by atoms with Crippen molar-refractivity contribution in [3.05, 3.63) is 95.1 Å². The maximum Gasteiger partial charge on any atom is 0.326 e. The standard InChI is InChI=1S/C39H51N5O7/c1-38(2,3)22-32(37(49)50)44-36(48)29-8-6-7-27(21-29)25-43-35(47)28-11-15-31(16-12-28)51-20-19-42-34(46)24-39(4,5)23-33(45)41-18-17-26-9-13-30(40)14-10-26/h6-16,21,32H,17-20,22-25,40H2,1-5H3,(H,41,45)(H,42,46)(H,43,47)(H,44,48)(H,49,50)/t32-/m0/s1. The lowest BCUT2D eigenvalue weighted by atomic mass is 9.85. The molecule has 0 radical (unpaired) electrons. The van der Waals surface area contributed by atoms with Crippen LogP contribution in [0.25, 0.3) is 0 Å². The van der Waals surface area contributed by atoms with Crippen LogP contribution in [0, 0.1) is 10.8 Å². The van der Waals surface area contributed by atoms with Crippen molar-refractivity contribution in [2.75, 3.05) is 25.4 Å². The van der Waals surface area contributed by atoms with E-state index in [4.69, 9.17) is 10.5 Å². The molecular formula is C39H51N5O7. The molecule has 12 nitrogen and oxygen atoms in total. The third-order valence-electron chi connectivity index (χ3n) is 7.87. The zero-order valence-electron chi connectivity index (χ0n) is 30.1. The van der Waals surface area contributed by atoms with Crippen LogP contribution in [0.5, 0.6) is 5.75 Å². The molecule has 0 saturated carbocycles. The van der Waals surface area contributed by atoms with Crippen LogP contribution in [-0.4, -0.2) is 60.4 Å². The molecule has 3 aromatic rings.